The van der Waals surface area contributed by atoms with E-state index < -0.39 is 24.2 Å². The van der Waals surface area contributed by atoms with Gasteiger partial charge >= 0.3 is 6.36 Å². The number of benzene rings is 2. The van der Waals surface area contributed by atoms with Gasteiger partial charge in [0, 0.05) is 35.6 Å². The van der Waals surface area contributed by atoms with Crippen LogP contribution in [0.2, 0.25) is 0 Å². The summed E-state index contributed by atoms with van der Waals surface area (Å²) in [6, 6.07) is 8.59. The molecule has 35 heavy (non-hydrogen) atoms. The number of hydrogen-bond acceptors (Lipinski definition) is 5. The van der Waals surface area contributed by atoms with Crippen LogP contribution in [0.5, 0.6) is 5.75 Å². The SMILES string of the molecule is Cn1c(-c2ccc(P(C)(C)=O)cc2OC(F)(F)F)nc(-c2cccc([N+](=O)[O-])c2CCl)c1C1CC1. The molecule has 186 valence electrons. The Balaban J connectivity index is 1.97. The number of halogens is 4. The fourth-order valence-corrected chi connectivity index (χ4v) is 5.26. The Kier molecular flexibility index (Phi) is 6.49. The zero-order chi connectivity index (χ0) is 25.7. The largest absolute Gasteiger partial charge is 0.573 e. The summed E-state index contributed by atoms with van der Waals surface area (Å²) in [4.78, 5) is 15.7. The lowest BCUT2D eigenvalue weighted by atomic mass is 10.0. The van der Waals surface area contributed by atoms with E-state index in [9.17, 15) is 27.9 Å². The highest BCUT2D eigenvalue weighted by molar-refractivity contribution is 7.70. The van der Waals surface area contributed by atoms with E-state index in [1.54, 1.807) is 17.7 Å². The molecular weight excluding hydrogens is 506 g/mol. The Labute approximate surface area is 204 Å². The summed E-state index contributed by atoms with van der Waals surface area (Å²) in [5.74, 6) is -0.349. The van der Waals surface area contributed by atoms with Gasteiger partial charge in [-0.3, -0.25) is 10.1 Å². The molecule has 1 aromatic heterocycles. The highest BCUT2D eigenvalue weighted by Crippen LogP contribution is 2.48. The Morgan fingerprint density at radius 3 is 2.46 bits per heavy atom. The van der Waals surface area contributed by atoms with E-state index in [1.165, 1.54) is 37.6 Å². The molecule has 1 aliphatic carbocycles. The summed E-state index contributed by atoms with van der Waals surface area (Å²) in [7, 11) is -1.18. The van der Waals surface area contributed by atoms with Crippen LogP contribution in [-0.2, 0) is 17.5 Å². The molecule has 7 nitrogen and oxygen atoms in total. The van der Waals surface area contributed by atoms with Crippen LogP contribution >= 0.6 is 18.7 Å². The van der Waals surface area contributed by atoms with Gasteiger partial charge in [-0.1, -0.05) is 18.2 Å². The quantitative estimate of drug-likeness (QED) is 0.153. The Morgan fingerprint density at radius 2 is 1.91 bits per heavy atom. The first-order valence-electron chi connectivity index (χ1n) is 10.7. The van der Waals surface area contributed by atoms with Crippen LogP contribution in [0, 0.1) is 10.1 Å². The van der Waals surface area contributed by atoms with Gasteiger partial charge in [0.1, 0.15) is 18.7 Å². The van der Waals surface area contributed by atoms with Crippen molar-refractivity contribution < 1.29 is 27.4 Å². The third kappa shape index (κ3) is 5.09. The monoisotopic (exact) mass is 527 g/mol. The molecule has 1 saturated carbocycles. The normalized spacial score (nSPS) is 14.3. The fourth-order valence-electron chi connectivity index (χ4n) is 4.12. The summed E-state index contributed by atoms with van der Waals surface area (Å²) >= 11 is 6.09. The van der Waals surface area contributed by atoms with Crippen molar-refractivity contribution in [1.82, 2.24) is 9.55 Å². The zero-order valence-corrected chi connectivity index (χ0v) is 20.7. The first kappa shape index (κ1) is 25.3. The molecule has 1 heterocycles. The molecular formula is C23H22ClF3N3O4P. The second-order valence-electron chi connectivity index (χ2n) is 8.78. The molecule has 2 aromatic carbocycles. The highest BCUT2D eigenvalue weighted by Gasteiger charge is 2.36. The van der Waals surface area contributed by atoms with Gasteiger partial charge in [0.15, 0.2) is 0 Å². The lowest BCUT2D eigenvalue weighted by Crippen LogP contribution is -2.19. The van der Waals surface area contributed by atoms with Gasteiger partial charge in [0.05, 0.1) is 27.6 Å². The molecule has 0 amide bonds. The number of nitro groups is 1. The van der Waals surface area contributed by atoms with Gasteiger partial charge < -0.3 is 13.9 Å². The van der Waals surface area contributed by atoms with Crippen LogP contribution in [-0.4, -0.2) is 34.2 Å². The number of hydrogen-bond donors (Lipinski definition) is 0. The average Bonchev–Trinajstić information content (AvgIpc) is 3.54. The van der Waals surface area contributed by atoms with E-state index in [-0.39, 0.29) is 39.7 Å². The van der Waals surface area contributed by atoms with Crippen molar-refractivity contribution in [3.8, 4) is 28.4 Å². The maximum atomic E-state index is 13.3. The standard InChI is InChI=1S/C23H22ClF3N3O4P/c1-29-21(13-7-8-13)20(15-5-4-6-18(30(31)32)17(15)12-24)28-22(29)16-10-9-14(35(2,3)33)11-19(16)34-23(25,26)27/h4-6,9-11,13H,7-8,12H2,1-3H3. The smallest absolute Gasteiger partial charge is 0.405 e. The van der Waals surface area contributed by atoms with Gasteiger partial charge in [0.2, 0.25) is 0 Å². The van der Waals surface area contributed by atoms with Crippen molar-refractivity contribution in [1.29, 1.82) is 0 Å². The lowest BCUT2D eigenvalue weighted by molar-refractivity contribution is -0.385. The first-order chi connectivity index (χ1) is 16.3. The molecule has 0 saturated heterocycles. The summed E-state index contributed by atoms with van der Waals surface area (Å²) in [6.07, 6.45) is -3.26. The molecule has 0 atom stereocenters. The number of rotatable bonds is 7. The van der Waals surface area contributed by atoms with Gasteiger partial charge in [0.25, 0.3) is 5.69 Å². The van der Waals surface area contributed by atoms with Crippen LogP contribution < -0.4 is 10.0 Å². The molecule has 0 aliphatic heterocycles. The van der Waals surface area contributed by atoms with Gasteiger partial charge in [-0.2, -0.15) is 0 Å². The molecule has 0 unspecified atom stereocenters. The van der Waals surface area contributed by atoms with Gasteiger partial charge in [-0.05, 0) is 38.3 Å². The molecule has 3 aromatic rings. The van der Waals surface area contributed by atoms with E-state index in [1.807, 2.05) is 0 Å². The van der Waals surface area contributed by atoms with Crippen molar-refractivity contribution in [2.75, 3.05) is 13.3 Å². The number of ether oxygens (including phenoxy) is 1. The number of nitrogens with zero attached hydrogens (tertiary/aromatic N) is 3. The number of nitro benzene ring substituents is 1. The maximum Gasteiger partial charge on any atom is 0.573 e. The maximum absolute atomic E-state index is 13.3. The Bertz CT molecular complexity index is 1360. The lowest BCUT2D eigenvalue weighted by Gasteiger charge is -2.16. The number of aromatic nitrogens is 2. The zero-order valence-electron chi connectivity index (χ0n) is 19.1. The summed E-state index contributed by atoms with van der Waals surface area (Å²) < 4.78 is 58.4. The van der Waals surface area contributed by atoms with Crippen LogP contribution in [0.25, 0.3) is 22.6 Å². The van der Waals surface area contributed by atoms with Gasteiger partial charge in [-0.15, -0.1) is 24.8 Å². The molecule has 0 radical (unpaired) electrons. The van der Waals surface area contributed by atoms with E-state index in [0.717, 1.165) is 24.6 Å². The Hall–Kier alpha value is -2.84. The van der Waals surface area contributed by atoms with E-state index >= 15 is 0 Å². The Morgan fingerprint density at radius 1 is 1.23 bits per heavy atom. The molecule has 0 N–H and O–H groups in total. The predicted molar refractivity (Wildman–Crippen MR) is 128 cm³/mol. The summed E-state index contributed by atoms with van der Waals surface area (Å²) in [5, 5.41) is 11.8. The van der Waals surface area contributed by atoms with Crippen molar-refractivity contribution in [3.05, 3.63) is 57.8 Å². The van der Waals surface area contributed by atoms with Crippen molar-refractivity contribution in [3.63, 3.8) is 0 Å². The van der Waals surface area contributed by atoms with Crippen LogP contribution in [0.1, 0.15) is 30.0 Å². The second kappa shape index (κ2) is 8.99. The van der Waals surface area contributed by atoms with Crippen molar-refractivity contribution in [2.45, 2.75) is 31.0 Å². The fraction of sp³-hybridized carbons (Fsp3) is 0.348. The molecule has 1 aliphatic rings. The van der Waals surface area contributed by atoms with Crippen LogP contribution in [0.15, 0.2) is 36.4 Å². The topological polar surface area (TPSA) is 87.3 Å². The third-order valence-corrected chi connectivity index (χ3v) is 7.68. The van der Waals surface area contributed by atoms with Crippen LogP contribution in [0.3, 0.4) is 0 Å². The number of alkyl halides is 4. The third-order valence-electron chi connectivity index (χ3n) is 5.89. The van der Waals surface area contributed by atoms with E-state index in [4.69, 9.17) is 11.6 Å². The highest BCUT2D eigenvalue weighted by atomic mass is 35.5. The average molecular weight is 528 g/mol. The summed E-state index contributed by atoms with van der Waals surface area (Å²) in [5.41, 5.74) is 1.84. The minimum atomic E-state index is -4.97. The van der Waals surface area contributed by atoms with Crippen molar-refractivity contribution >= 4 is 29.7 Å². The van der Waals surface area contributed by atoms with Crippen molar-refractivity contribution in [2.24, 2.45) is 7.05 Å². The van der Waals surface area contributed by atoms with E-state index in [2.05, 4.69) is 9.72 Å². The first-order valence-corrected chi connectivity index (χ1v) is 13.8. The van der Waals surface area contributed by atoms with E-state index in [0.29, 0.717) is 11.3 Å². The minimum absolute atomic E-state index is 0.0630. The molecule has 4 rings (SSSR count). The van der Waals surface area contributed by atoms with Gasteiger partial charge in [-0.25, -0.2) is 4.98 Å². The minimum Gasteiger partial charge on any atom is -0.405 e. The molecule has 0 bridgehead atoms. The second-order valence-corrected chi connectivity index (χ2v) is 12.3. The predicted octanol–water partition coefficient (Wildman–Crippen LogP) is 6.43. The molecule has 12 heteroatoms. The molecule has 0 spiro atoms. The number of imidazole rings is 1. The summed E-state index contributed by atoms with van der Waals surface area (Å²) in [6.45, 7) is 2.92. The van der Waals surface area contributed by atoms with Crippen LogP contribution in [0.4, 0.5) is 18.9 Å². The molecule has 1 fully saturated rings.